The Morgan fingerprint density at radius 2 is 0.958 bits per heavy atom. The highest BCUT2D eigenvalue weighted by atomic mass is 32.2. The maximum atomic E-state index is 12.7. The van der Waals surface area contributed by atoms with Crippen LogP contribution in [0.1, 0.15) is 41.4 Å². The van der Waals surface area contributed by atoms with E-state index in [-0.39, 0.29) is 32.0 Å². The van der Waals surface area contributed by atoms with Gasteiger partial charge in [0, 0.05) is 9.79 Å². The molecular formula is C16H6O7S. The van der Waals surface area contributed by atoms with Crippen molar-refractivity contribution >= 4 is 34.7 Å². The standard InChI is InChI=1S/C16H6O7S/c17-13-9-3-1-7(5-11(9)15(19)22-13)24(21)8-2-4-10-12(6-8)16(20)23-14(10)18/h1-6H. The van der Waals surface area contributed by atoms with Crippen LogP contribution in [-0.2, 0) is 20.3 Å². The second-order valence-corrected chi connectivity index (χ2v) is 6.52. The summed E-state index contributed by atoms with van der Waals surface area (Å²) >= 11 is 0. The molecule has 118 valence electrons. The molecule has 0 N–H and O–H groups in total. The predicted octanol–water partition coefficient (Wildman–Crippen LogP) is 1.47. The zero-order chi connectivity index (χ0) is 17.0. The summed E-state index contributed by atoms with van der Waals surface area (Å²) in [4.78, 5) is 46.5. The summed E-state index contributed by atoms with van der Waals surface area (Å²) < 4.78 is 21.6. The average molecular weight is 342 g/mol. The molecule has 2 aliphatic rings. The molecule has 0 fully saturated rings. The van der Waals surface area contributed by atoms with Gasteiger partial charge in [0.15, 0.2) is 0 Å². The van der Waals surface area contributed by atoms with Crippen LogP contribution in [0, 0.1) is 0 Å². The van der Waals surface area contributed by atoms with Crippen LogP contribution in [-0.4, -0.2) is 28.1 Å². The maximum absolute atomic E-state index is 12.7. The van der Waals surface area contributed by atoms with Crippen molar-refractivity contribution in [2.24, 2.45) is 0 Å². The molecule has 0 atom stereocenters. The lowest BCUT2D eigenvalue weighted by Gasteiger charge is -2.04. The molecule has 2 heterocycles. The average Bonchev–Trinajstić information content (AvgIpc) is 3.02. The van der Waals surface area contributed by atoms with E-state index in [2.05, 4.69) is 9.47 Å². The molecular weight excluding hydrogens is 336 g/mol. The number of hydrogen-bond donors (Lipinski definition) is 0. The van der Waals surface area contributed by atoms with Crippen LogP contribution in [0.15, 0.2) is 46.2 Å². The van der Waals surface area contributed by atoms with Crippen molar-refractivity contribution in [3.63, 3.8) is 0 Å². The summed E-state index contributed by atoms with van der Waals surface area (Å²) in [6, 6.07) is 8.23. The van der Waals surface area contributed by atoms with Crippen molar-refractivity contribution in [2.45, 2.75) is 9.79 Å². The Balaban J connectivity index is 1.76. The third-order valence-corrected chi connectivity index (χ3v) is 5.02. The predicted molar refractivity (Wildman–Crippen MR) is 77.1 cm³/mol. The third kappa shape index (κ3) is 2.00. The highest BCUT2D eigenvalue weighted by Crippen LogP contribution is 2.27. The Labute approximate surface area is 136 Å². The minimum atomic E-state index is -1.72. The van der Waals surface area contributed by atoms with Crippen LogP contribution in [0.5, 0.6) is 0 Å². The number of carbonyl (C=O) groups excluding carboxylic acids is 4. The fourth-order valence-corrected chi connectivity index (χ4v) is 3.60. The summed E-state index contributed by atoms with van der Waals surface area (Å²) in [6.07, 6.45) is 0. The lowest BCUT2D eigenvalue weighted by atomic mass is 10.1. The van der Waals surface area contributed by atoms with Gasteiger partial charge in [0.1, 0.15) is 0 Å². The first-order chi connectivity index (χ1) is 11.5. The molecule has 4 rings (SSSR count). The van der Waals surface area contributed by atoms with E-state index in [0.717, 1.165) is 0 Å². The van der Waals surface area contributed by atoms with Gasteiger partial charge in [-0.1, -0.05) is 0 Å². The van der Waals surface area contributed by atoms with Gasteiger partial charge in [0.05, 0.1) is 33.1 Å². The van der Waals surface area contributed by atoms with Crippen LogP contribution in [0.4, 0.5) is 0 Å². The second-order valence-electron chi connectivity index (χ2n) is 5.04. The van der Waals surface area contributed by atoms with E-state index < -0.39 is 34.7 Å². The molecule has 8 heteroatoms. The van der Waals surface area contributed by atoms with Crippen molar-refractivity contribution in [2.75, 3.05) is 0 Å². The van der Waals surface area contributed by atoms with E-state index >= 15 is 0 Å². The molecule has 7 nitrogen and oxygen atoms in total. The van der Waals surface area contributed by atoms with Gasteiger partial charge < -0.3 is 9.47 Å². The van der Waals surface area contributed by atoms with Crippen molar-refractivity contribution in [1.29, 1.82) is 0 Å². The highest BCUT2D eigenvalue weighted by Gasteiger charge is 2.32. The van der Waals surface area contributed by atoms with E-state index in [9.17, 15) is 23.4 Å². The van der Waals surface area contributed by atoms with Crippen LogP contribution in [0.25, 0.3) is 0 Å². The molecule has 2 aliphatic heterocycles. The van der Waals surface area contributed by atoms with Crippen molar-refractivity contribution in [3.05, 3.63) is 58.7 Å². The van der Waals surface area contributed by atoms with Crippen molar-refractivity contribution < 1.29 is 32.9 Å². The van der Waals surface area contributed by atoms with E-state index in [4.69, 9.17) is 0 Å². The van der Waals surface area contributed by atoms with E-state index in [0.29, 0.717) is 0 Å². The van der Waals surface area contributed by atoms with Gasteiger partial charge in [-0.05, 0) is 36.4 Å². The fraction of sp³-hybridized carbons (Fsp3) is 0. The Bertz CT molecular complexity index is 926. The van der Waals surface area contributed by atoms with Crippen LogP contribution < -0.4 is 0 Å². The molecule has 0 amide bonds. The topological polar surface area (TPSA) is 104 Å². The number of carbonyl (C=O) groups is 4. The van der Waals surface area contributed by atoms with Gasteiger partial charge in [-0.2, -0.15) is 0 Å². The van der Waals surface area contributed by atoms with E-state index in [1.54, 1.807) is 0 Å². The summed E-state index contributed by atoms with van der Waals surface area (Å²) in [5, 5.41) is 0. The fourth-order valence-electron chi connectivity index (χ4n) is 2.50. The Morgan fingerprint density at radius 1 is 0.583 bits per heavy atom. The molecule has 0 unspecified atom stereocenters. The van der Waals surface area contributed by atoms with Gasteiger partial charge in [-0.15, -0.1) is 0 Å². The summed E-state index contributed by atoms with van der Waals surface area (Å²) in [5.74, 6) is -3.08. The summed E-state index contributed by atoms with van der Waals surface area (Å²) in [5.41, 5.74) is 0.316. The molecule has 24 heavy (non-hydrogen) atoms. The molecule has 0 radical (unpaired) electrons. The van der Waals surface area contributed by atoms with Crippen LogP contribution in [0.3, 0.4) is 0 Å². The van der Waals surface area contributed by atoms with Crippen LogP contribution in [0.2, 0.25) is 0 Å². The Kier molecular flexibility index (Phi) is 2.97. The molecule has 0 saturated heterocycles. The third-order valence-electron chi connectivity index (χ3n) is 3.66. The number of hydrogen-bond acceptors (Lipinski definition) is 7. The molecule has 0 aliphatic carbocycles. The Hall–Kier alpha value is -3.13. The van der Waals surface area contributed by atoms with Crippen molar-refractivity contribution in [3.8, 4) is 0 Å². The monoisotopic (exact) mass is 342 g/mol. The van der Waals surface area contributed by atoms with Gasteiger partial charge in [0.2, 0.25) is 0 Å². The first-order valence-electron chi connectivity index (χ1n) is 6.68. The number of esters is 4. The highest BCUT2D eigenvalue weighted by molar-refractivity contribution is 7.85. The summed E-state index contributed by atoms with van der Waals surface area (Å²) in [6.45, 7) is 0. The second kappa shape index (κ2) is 4.93. The largest absolute Gasteiger partial charge is 0.386 e. The number of rotatable bonds is 2. The minimum Gasteiger partial charge on any atom is -0.386 e. The molecule has 0 spiro atoms. The normalized spacial score (nSPS) is 15.4. The Morgan fingerprint density at radius 3 is 1.38 bits per heavy atom. The smallest absolute Gasteiger partial charge is 0.346 e. The lowest BCUT2D eigenvalue weighted by molar-refractivity contribution is 0.0425. The molecule has 0 bridgehead atoms. The molecule has 0 aromatic heterocycles. The van der Waals surface area contributed by atoms with Gasteiger partial charge in [0.25, 0.3) is 0 Å². The molecule has 0 saturated carbocycles. The van der Waals surface area contributed by atoms with Crippen LogP contribution >= 0.6 is 0 Å². The van der Waals surface area contributed by atoms with Gasteiger partial charge in [-0.3, -0.25) is 0 Å². The zero-order valence-electron chi connectivity index (χ0n) is 11.7. The molecule has 2 aromatic carbocycles. The number of cyclic esters (lactones) is 4. The quantitative estimate of drug-likeness (QED) is 0.601. The lowest BCUT2D eigenvalue weighted by Crippen LogP contribution is -2.00. The van der Waals surface area contributed by atoms with E-state index in [1.807, 2.05) is 0 Å². The number of ether oxygens (including phenoxy) is 2. The van der Waals surface area contributed by atoms with E-state index in [1.165, 1.54) is 36.4 Å². The SMILES string of the molecule is O=C1OC(=O)c2cc(S(=O)c3ccc4c(c3)C(=O)OC4=O)ccc21. The maximum Gasteiger partial charge on any atom is 0.346 e. The number of benzene rings is 2. The first-order valence-corrected chi connectivity index (χ1v) is 7.83. The zero-order valence-corrected chi connectivity index (χ0v) is 12.5. The van der Waals surface area contributed by atoms with Gasteiger partial charge >= 0.3 is 23.9 Å². The number of fused-ring (bicyclic) bond motifs is 2. The molecule has 2 aromatic rings. The van der Waals surface area contributed by atoms with Gasteiger partial charge in [-0.25, -0.2) is 23.4 Å². The first kappa shape index (κ1) is 14.5. The minimum absolute atomic E-state index is 0.0431. The summed E-state index contributed by atoms with van der Waals surface area (Å²) in [7, 11) is -1.72. The van der Waals surface area contributed by atoms with Crippen molar-refractivity contribution in [1.82, 2.24) is 0 Å².